The smallest absolute Gasteiger partial charge is 0.332 e. The minimum atomic E-state index is -0.662. The summed E-state index contributed by atoms with van der Waals surface area (Å²) in [6.07, 6.45) is 2.31. The zero-order valence-corrected chi connectivity index (χ0v) is 7.90. The Balaban J connectivity index is 2.53. The molecule has 0 aliphatic heterocycles. The number of hydrazone groups is 1. The summed E-state index contributed by atoms with van der Waals surface area (Å²) < 4.78 is 0. The Bertz CT molecular complexity index is 334. The van der Waals surface area contributed by atoms with E-state index in [4.69, 9.17) is 5.73 Å². The van der Waals surface area contributed by atoms with E-state index < -0.39 is 6.03 Å². The largest absolute Gasteiger partial charge is 0.350 e. The molecule has 0 unspecified atom stereocenters. The van der Waals surface area contributed by atoms with Crippen LogP contribution in [-0.4, -0.2) is 16.7 Å². The molecular formula is C9H12N4O. The molecule has 1 aromatic rings. The molecule has 0 aliphatic carbocycles. The minimum absolute atomic E-state index is 0.598. The number of pyridine rings is 1. The first-order chi connectivity index (χ1) is 6.68. The van der Waals surface area contributed by atoms with Gasteiger partial charge in [0.15, 0.2) is 0 Å². The SMILES string of the molecule is C/C(Cc1ccccn1)=N/NC(N)=O. The standard InChI is InChI=1S/C9H12N4O/c1-7(12-13-9(10)14)6-8-4-2-3-5-11-8/h2-5H,6H2,1H3,(H3,10,13,14)/b12-7-. The minimum Gasteiger partial charge on any atom is -0.350 e. The molecule has 0 aliphatic rings. The summed E-state index contributed by atoms with van der Waals surface area (Å²) in [7, 11) is 0. The van der Waals surface area contributed by atoms with Crippen LogP contribution in [0.3, 0.4) is 0 Å². The van der Waals surface area contributed by atoms with Gasteiger partial charge in [-0.1, -0.05) is 6.07 Å². The van der Waals surface area contributed by atoms with Gasteiger partial charge in [-0.2, -0.15) is 5.10 Å². The monoisotopic (exact) mass is 192 g/mol. The van der Waals surface area contributed by atoms with Crippen molar-refractivity contribution in [1.29, 1.82) is 0 Å². The van der Waals surface area contributed by atoms with Crippen molar-refractivity contribution in [3.63, 3.8) is 0 Å². The summed E-state index contributed by atoms with van der Waals surface area (Å²) >= 11 is 0. The van der Waals surface area contributed by atoms with Crippen LogP contribution in [0.4, 0.5) is 4.79 Å². The molecule has 0 aromatic carbocycles. The predicted octanol–water partition coefficient (Wildman–Crippen LogP) is 0.668. The number of hydrogen-bond acceptors (Lipinski definition) is 3. The second-order valence-electron chi connectivity index (χ2n) is 2.82. The molecule has 74 valence electrons. The fourth-order valence-corrected chi connectivity index (χ4v) is 0.955. The number of nitrogens with two attached hydrogens (primary N) is 1. The van der Waals surface area contributed by atoms with Crippen LogP contribution in [0.25, 0.3) is 0 Å². The molecule has 0 fully saturated rings. The van der Waals surface area contributed by atoms with Crippen molar-refractivity contribution in [2.24, 2.45) is 10.8 Å². The van der Waals surface area contributed by atoms with E-state index in [-0.39, 0.29) is 0 Å². The lowest BCUT2D eigenvalue weighted by Gasteiger charge is -1.99. The molecule has 0 atom stereocenters. The van der Waals surface area contributed by atoms with E-state index in [9.17, 15) is 4.79 Å². The molecule has 0 saturated carbocycles. The van der Waals surface area contributed by atoms with Crippen LogP contribution >= 0.6 is 0 Å². The number of hydrogen-bond donors (Lipinski definition) is 2. The molecule has 1 heterocycles. The quantitative estimate of drug-likeness (QED) is 0.545. The Morgan fingerprint density at radius 3 is 3.00 bits per heavy atom. The van der Waals surface area contributed by atoms with Crippen LogP contribution in [-0.2, 0) is 6.42 Å². The predicted molar refractivity (Wildman–Crippen MR) is 53.8 cm³/mol. The highest BCUT2D eigenvalue weighted by Crippen LogP contribution is 1.95. The van der Waals surface area contributed by atoms with E-state index in [1.807, 2.05) is 18.2 Å². The lowest BCUT2D eigenvalue weighted by Crippen LogP contribution is -2.25. The number of carbonyl (C=O) groups excluding carboxylic acids is 1. The number of nitrogens with one attached hydrogen (secondary N) is 1. The molecule has 0 radical (unpaired) electrons. The molecule has 5 nitrogen and oxygen atoms in total. The van der Waals surface area contributed by atoms with Crippen molar-refractivity contribution in [3.8, 4) is 0 Å². The second kappa shape index (κ2) is 4.96. The van der Waals surface area contributed by atoms with Gasteiger partial charge in [0, 0.05) is 24.0 Å². The van der Waals surface area contributed by atoms with E-state index in [0.29, 0.717) is 6.42 Å². The Hall–Kier alpha value is -1.91. The number of carbonyl (C=O) groups is 1. The Labute approximate surface area is 82.0 Å². The van der Waals surface area contributed by atoms with Gasteiger partial charge in [-0.05, 0) is 19.1 Å². The third-order valence-electron chi connectivity index (χ3n) is 1.52. The Kier molecular flexibility index (Phi) is 3.60. The van der Waals surface area contributed by atoms with Gasteiger partial charge in [0.25, 0.3) is 0 Å². The zero-order valence-electron chi connectivity index (χ0n) is 7.90. The highest BCUT2D eigenvalue weighted by Gasteiger charge is 1.96. The molecule has 0 bridgehead atoms. The van der Waals surface area contributed by atoms with Gasteiger partial charge in [-0.25, -0.2) is 10.2 Å². The Morgan fingerprint density at radius 2 is 2.43 bits per heavy atom. The number of urea groups is 1. The summed E-state index contributed by atoms with van der Waals surface area (Å²) in [6.45, 7) is 1.80. The highest BCUT2D eigenvalue weighted by molar-refractivity contribution is 5.85. The van der Waals surface area contributed by atoms with Crippen LogP contribution in [0.15, 0.2) is 29.5 Å². The molecule has 1 rings (SSSR count). The molecule has 14 heavy (non-hydrogen) atoms. The van der Waals surface area contributed by atoms with E-state index in [2.05, 4.69) is 15.5 Å². The summed E-state index contributed by atoms with van der Waals surface area (Å²) in [5.41, 5.74) is 8.68. The third kappa shape index (κ3) is 3.66. The molecule has 5 heteroatoms. The lowest BCUT2D eigenvalue weighted by molar-refractivity contribution is 0.249. The van der Waals surface area contributed by atoms with E-state index in [1.54, 1.807) is 13.1 Å². The lowest BCUT2D eigenvalue weighted by atomic mass is 10.2. The fraction of sp³-hybridized carbons (Fsp3) is 0.222. The van der Waals surface area contributed by atoms with Crippen LogP contribution in [0.2, 0.25) is 0 Å². The van der Waals surface area contributed by atoms with Gasteiger partial charge in [-0.3, -0.25) is 4.98 Å². The van der Waals surface area contributed by atoms with Crippen LogP contribution in [0.1, 0.15) is 12.6 Å². The van der Waals surface area contributed by atoms with Crippen molar-refractivity contribution in [2.75, 3.05) is 0 Å². The van der Waals surface area contributed by atoms with Crippen molar-refractivity contribution in [1.82, 2.24) is 10.4 Å². The van der Waals surface area contributed by atoms with Gasteiger partial charge in [0.05, 0.1) is 0 Å². The molecule has 2 amide bonds. The number of aromatic nitrogens is 1. The number of nitrogens with zero attached hydrogens (tertiary/aromatic N) is 2. The van der Waals surface area contributed by atoms with E-state index in [0.717, 1.165) is 11.4 Å². The number of primary amides is 1. The topological polar surface area (TPSA) is 80.4 Å². The van der Waals surface area contributed by atoms with Crippen LogP contribution < -0.4 is 11.2 Å². The fourth-order valence-electron chi connectivity index (χ4n) is 0.955. The first-order valence-electron chi connectivity index (χ1n) is 4.17. The van der Waals surface area contributed by atoms with Gasteiger partial charge in [-0.15, -0.1) is 0 Å². The summed E-state index contributed by atoms with van der Waals surface area (Å²) in [5.74, 6) is 0. The first-order valence-corrected chi connectivity index (χ1v) is 4.17. The average Bonchev–Trinajstić information content (AvgIpc) is 2.16. The Morgan fingerprint density at radius 1 is 1.64 bits per heavy atom. The third-order valence-corrected chi connectivity index (χ3v) is 1.52. The number of rotatable bonds is 3. The van der Waals surface area contributed by atoms with Gasteiger partial charge >= 0.3 is 6.03 Å². The summed E-state index contributed by atoms with van der Waals surface area (Å²) in [4.78, 5) is 14.5. The second-order valence-corrected chi connectivity index (χ2v) is 2.82. The zero-order chi connectivity index (χ0) is 10.4. The number of amides is 2. The van der Waals surface area contributed by atoms with Crippen LogP contribution in [0.5, 0.6) is 0 Å². The van der Waals surface area contributed by atoms with Crippen molar-refractivity contribution < 1.29 is 4.79 Å². The maximum absolute atomic E-state index is 10.3. The first kappa shape index (κ1) is 10.2. The molecule has 1 aromatic heterocycles. The normalized spacial score (nSPS) is 11.1. The van der Waals surface area contributed by atoms with Crippen molar-refractivity contribution >= 4 is 11.7 Å². The molecule has 0 spiro atoms. The van der Waals surface area contributed by atoms with Gasteiger partial charge in [0.2, 0.25) is 0 Å². The summed E-state index contributed by atoms with van der Waals surface area (Å²) in [5, 5.41) is 3.77. The molecule has 3 N–H and O–H groups in total. The molecule has 0 saturated heterocycles. The van der Waals surface area contributed by atoms with Crippen LogP contribution in [0, 0.1) is 0 Å². The van der Waals surface area contributed by atoms with Gasteiger partial charge < -0.3 is 5.73 Å². The summed E-state index contributed by atoms with van der Waals surface area (Å²) in [6, 6.07) is 4.98. The van der Waals surface area contributed by atoms with E-state index in [1.165, 1.54) is 0 Å². The van der Waals surface area contributed by atoms with Crippen molar-refractivity contribution in [3.05, 3.63) is 30.1 Å². The average molecular weight is 192 g/mol. The maximum Gasteiger partial charge on any atom is 0.332 e. The maximum atomic E-state index is 10.3. The van der Waals surface area contributed by atoms with E-state index >= 15 is 0 Å². The highest BCUT2D eigenvalue weighted by atomic mass is 16.2. The van der Waals surface area contributed by atoms with Gasteiger partial charge in [0.1, 0.15) is 0 Å². The molecular weight excluding hydrogens is 180 g/mol. The van der Waals surface area contributed by atoms with Crippen molar-refractivity contribution in [2.45, 2.75) is 13.3 Å².